The third kappa shape index (κ3) is 6.18. The van der Waals surface area contributed by atoms with Gasteiger partial charge in [-0.05, 0) is 79.9 Å². The van der Waals surface area contributed by atoms with Crippen molar-refractivity contribution in [2.24, 2.45) is 0 Å². The first-order chi connectivity index (χ1) is 16.3. The minimum atomic E-state index is -0.542. The predicted molar refractivity (Wildman–Crippen MR) is 136 cm³/mol. The van der Waals surface area contributed by atoms with Crippen molar-refractivity contribution in [2.45, 2.75) is 25.7 Å². The number of hydrogen-bond acceptors (Lipinski definition) is 4. The molecule has 3 aromatic rings. The average Bonchev–Trinajstić information content (AvgIpc) is 3.07. The number of aliphatic hydroxyl groups excluding tert-OH is 1. The molecule has 0 bridgehead atoms. The van der Waals surface area contributed by atoms with Crippen molar-refractivity contribution in [1.29, 1.82) is 10.8 Å². The molecule has 0 spiro atoms. The van der Waals surface area contributed by atoms with E-state index in [1.807, 2.05) is 18.2 Å². The van der Waals surface area contributed by atoms with E-state index in [1.54, 1.807) is 7.11 Å². The number of halogens is 1. The van der Waals surface area contributed by atoms with Gasteiger partial charge in [0, 0.05) is 51.9 Å². The fraction of sp³-hybridized carbons (Fsp3) is 0.214. The molecule has 5 nitrogen and oxygen atoms in total. The summed E-state index contributed by atoms with van der Waals surface area (Å²) in [6.45, 7) is 5.30. The van der Waals surface area contributed by atoms with Crippen molar-refractivity contribution >= 4 is 17.8 Å². The monoisotopic (exact) mass is 518 g/mol. The number of benzene rings is 3. The van der Waals surface area contributed by atoms with Gasteiger partial charge < -0.3 is 20.2 Å². The summed E-state index contributed by atoms with van der Waals surface area (Å²) in [6.07, 6.45) is 4.22. The Morgan fingerprint density at radius 2 is 1.74 bits per heavy atom. The second kappa shape index (κ2) is 12.3. The van der Waals surface area contributed by atoms with Gasteiger partial charge in [-0.1, -0.05) is 30.3 Å². The molecule has 185 valence electrons. The van der Waals surface area contributed by atoms with Crippen LogP contribution < -0.4 is 9.64 Å². The maximum absolute atomic E-state index is 12.2. The summed E-state index contributed by atoms with van der Waals surface area (Å²) in [5.74, 6) is -0.0369. The van der Waals surface area contributed by atoms with E-state index < -0.39 is 5.90 Å². The normalized spacial score (nSPS) is 17.0. The van der Waals surface area contributed by atoms with Crippen LogP contribution in [0.25, 0.3) is 0 Å². The van der Waals surface area contributed by atoms with Crippen molar-refractivity contribution in [2.75, 3.05) is 18.6 Å². The number of methoxy groups -OCH3 is 1. The van der Waals surface area contributed by atoms with Crippen molar-refractivity contribution < 1.29 is 31.0 Å². The van der Waals surface area contributed by atoms with Crippen molar-refractivity contribution in [3.8, 4) is 5.75 Å². The number of likely N-dealkylation sites (N-methyl/N-ethyl adjacent to an activating group) is 1. The van der Waals surface area contributed by atoms with Crippen molar-refractivity contribution in [3.63, 3.8) is 0 Å². The number of anilines is 1. The Morgan fingerprint density at radius 3 is 2.29 bits per heavy atom. The van der Waals surface area contributed by atoms with Crippen LogP contribution in [0.2, 0.25) is 0 Å². The SMILES string of the molecule is CCN1/C(=C\C=N)C(C)(Cc2ccccc2)c2cc(OC)ccc21.N=C(O)c1ccc(F)cc1.[Co]. The van der Waals surface area contributed by atoms with Crippen LogP contribution in [0, 0.1) is 16.6 Å². The molecule has 3 aromatic carbocycles. The van der Waals surface area contributed by atoms with Crippen LogP contribution in [0.5, 0.6) is 5.75 Å². The molecule has 0 amide bonds. The topological polar surface area (TPSA) is 80.4 Å². The molecule has 4 rings (SSSR count). The van der Waals surface area contributed by atoms with Crippen LogP contribution in [0.15, 0.2) is 84.6 Å². The van der Waals surface area contributed by atoms with Gasteiger partial charge in [0.1, 0.15) is 11.6 Å². The molecule has 0 fully saturated rings. The van der Waals surface area contributed by atoms with Gasteiger partial charge in [0.25, 0.3) is 0 Å². The van der Waals surface area contributed by atoms with Crippen LogP contribution >= 0.6 is 0 Å². The minimum Gasteiger partial charge on any atom is -0.497 e. The summed E-state index contributed by atoms with van der Waals surface area (Å²) in [7, 11) is 1.71. The first-order valence-electron chi connectivity index (χ1n) is 11.1. The molecule has 3 N–H and O–H groups in total. The van der Waals surface area contributed by atoms with Gasteiger partial charge in [0.15, 0.2) is 0 Å². The molecule has 1 aliphatic heterocycles. The fourth-order valence-electron chi connectivity index (χ4n) is 4.38. The van der Waals surface area contributed by atoms with Crippen LogP contribution in [0.4, 0.5) is 10.1 Å². The summed E-state index contributed by atoms with van der Waals surface area (Å²) >= 11 is 0. The Kier molecular flexibility index (Phi) is 9.80. The number of rotatable bonds is 6. The predicted octanol–water partition coefficient (Wildman–Crippen LogP) is 6.28. The van der Waals surface area contributed by atoms with E-state index in [-0.39, 0.29) is 28.0 Å². The summed E-state index contributed by atoms with van der Waals surface area (Å²) in [6, 6.07) is 21.9. The van der Waals surface area contributed by atoms with E-state index in [9.17, 15) is 4.39 Å². The smallest absolute Gasteiger partial charge is 0.210 e. The maximum atomic E-state index is 12.2. The number of ether oxygens (including phenoxy) is 1. The van der Waals surface area contributed by atoms with E-state index in [4.69, 9.17) is 20.7 Å². The summed E-state index contributed by atoms with van der Waals surface area (Å²) in [5.41, 5.74) is 5.08. The molecule has 1 aliphatic rings. The number of allylic oxidation sites excluding steroid dienone is 2. The molecule has 0 saturated carbocycles. The van der Waals surface area contributed by atoms with Gasteiger partial charge in [0.2, 0.25) is 5.90 Å². The number of hydrogen-bond donors (Lipinski definition) is 3. The molecule has 1 unspecified atom stereocenters. The second-order valence-electron chi connectivity index (χ2n) is 8.20. The Hall–Kier alpha value is -3.42. The molecular weight excluding hydrogens is 488 g/mol. The summed E-state index contributed by atoms with van der Waals surface area (Å²) < 4.78 is 17.7. The standard InChI is InChI=1S/C21H24N2O.C7H6FNO.Co/c1-4-23-19-11-10-17(24-3)14-18(19)21(2,20(23)12-13-22)15-16-8-6-5-7-9-16;8-6-3-1-5(2-4-6)7(9)10;/h5-14,22H,4,15H2,1-3H3;1-4H,(H2,9,10);/b20-12-,22-13?;;. The Morgan fingerprint density at radius 1 is 1.09 bits per heavy atom. The molecule has 1 heterocycles. The summed E-state index contributed by atoms with van der Waals surface area (Å²) in [4.78, 5) is 2.31. The first-order valence-corrected chi connectivity index (χ1v) is 11.1. The third-order valence-electron chi connectivity index (χ3n) is 6.02. The van der Waals surface area contributed by atoms with E-state index in [2.05, 4.69) is 55.1 Å². The number of nitrogens with zero attached hydrogens (tertiary/aromatic N) is 1. The largest absolute Gasteiger partial charge is 0.497 e. The van der Waals surface area contributed by atoms with Gasteiger partial charge >= 0.3 is 0 Å². The minimum absolute atomic E-state index is 0. The van der Waals surface area contributed by atoms with Crippen molar-refractivity contribution in [1.82, 2.24) is 0 Å². The zero-order valence-electron chi connectivity index (χ0n) is 20.0. The third-order valence-corrected chi connectivity index (χ3v) is 6.02. The average molecular weight is 518 g/mol. The Balaban J connectivity index is 0.000000332. The molecule has 7 heteroatoms. The molecule has 35 heavy (non-hydrogen) atoms. The Bertz CT molecular complexity index is 1180. The molecule has 0 aliphatic carbocycles. The van der Waals surface area contributed by atoms with Gasteiger partial charge in [-0.15, -0.1) is 0 Å². The maximum Gasteiger partial charge on any atom is 0.210 e. The molecule has 0 aromatic heterocycles. The zero-order chi connectivity index (χ0) is 24.7. The molecule has 1 atom stereocenters. The van der Waals surface area contributed by atoms with Crippen LogP contribution in [0.3, 0.4) is 0 Å². The number of nitrogens with one attached hydrogen (secondary N) is 2. The van der Waals surface area contributed by atoms with Gasteiger partial charge in [-0.2, -0.15) is 0 Å². The van der Waals surface area contributed by atoms with Crippen LogP contribution in [-0.2, 0) is 28.6 Å². The second-order valence-corrected chi connectivity index (χ2v) is 8.20. The van der Waals surface area contributed by atoms with E-state index in [1.165, 1.54) is 53.0 Å². The van der Waals surface area contributed by atoms with Crippen LogP contribution in [-0.4, -0.2) is 30.9 Å². The number of aliphatic hydroxyl groups is 1. The van der Waals surface area contributed by atoms with E-state index in [0.29, 0.717) is 5.56 Å². The molecule has 0 saturated heterocycles. The molecular formula is C28H30CoFN3O2. The van der Waals surface area contributed by atoms with E-state index >= 15 is 0 Å². The first kappa shape index (κ1) is 27.8. The molecule has 1 radical (unpaired) electrons. The summed E-state index contributed by atoms with van der Waals surface area (Å²) in [5, 5.41) is 22.9. The quantitative estimate of drug-likeness (QED) is 0.266. The van der Waals surface area contributed by atoms with Gasteiger partial charge in [-0.25, -0.2) is 4.39 Å². The van der Waals surface area contributed by atoms with Gasteiger partial charge in [0.05, 0.1) is 7.11 Å². The van der Waals surface area contributed by atoms with Gasteiger partial charge in [-0.3, -0.25) is 5.41 Å². The van der Waals surface area contributed by atoms with Crippen LogP contribution in [0.1, 0.15) is 30.5 Å². The fourth-order valence-corrected chi connectivity index (χ4v) is 4.38. The number of fused-ring (bicyclic) bond motifs is 1. The zero-order valence-corrected chi connectivity index (χ0v) is 21.1. The van der Waals surface area contributed by atoms with Crippen molar-refractivity contribution in [3.05, 3.63) is 107 Å². The van der Waals surface area contributed by atoms with E-state index in [0.717, 1.165) is 18.7 Å². The Labute approximate surface area is 216 Å².